The van der Waals surface area contributed by atoms with Crippen LogP contribution in [0.3, 0.4) is 0 Å². The minimum absolute atomic E-state index is 0.200. The number of anilines is 1. The van der Waals surface area contributed by atoms with Gasteiger partial charge in [0.05, 0.1) is 0 Å². The first-order valence-electron chi connectivity index (χ1n) is 8.24. The molecule has 0 aliphatic carbocycles. The van der Waals surface area contributed by atoms with Gasteiger partial charge in [0, 0.05) is 32.5 Å². The molecule has 0 radical (unpaired) electrons. The van der Waals surface area contributed by atoms with Crippen LogP contribution < -0.4 is 10.6 Å². The van der Waals surface area contributed by atoms with Crippen LogP contribution in [0.15, 0.2) is 40.2 Å². The number of hydrogen-bond donors (Lipinski definition) is 2. The molecule has 0 saturated heterocycles. The van der Waals surface area contributed by atoms with Gasteiger partial charge in [-0.1, -0.05) is 12.1 Å². The Morgan fingerprint density at radius 1 is 1.16 bits per heavy atom. The molecule has 2 rings (SSSR count). The van der Waals surface area contributed by atoms with E-state index in [2.05, 4.69) is 51.9 Å². The Morgan fingerprint density at radius 3 is 2.32 bits per heavy atom. The third-order valence-corrected chi connectivity index (χ3v) is 5.45. The third-order valence-electron chi connectivity index (χ3n) is 3.57. The maximum Gasteiger partial charge on any atom is 0.412 e. The first-order chi connectivity index (χ1) is 11.6. The van der Waals surface area contributed by atoms with Crippen LogP contribution in [0.1, 0.15) is 57.1 Å². The zero-order valence-electron chi connectivity index (χ0n) is 15.2. The van der Waals surface area contributed by atoms with Gasteiger partial charge in [-0.2, -0.15) is 0 Å². The number of halogens is 1. The number of benzene rings is 1. The zero-order valence-corrected chi connectivity index (χ0v) is 17.6. The van der Waals surface area contributed by atoms with Crippen molar-refractivity contribution in [1.82, 2.24) is 5.32 Å². The third kappa shape index (κ3) is 6.45. The molecule has 0 aliphatic heterocycles. The second-order valence-electron chi connectivity index (χ2n) is 7.03. The highest BCUT2D eigenvalue weighted by Crippen LogP contribution is 2.27. The monoisotopic (exact) mass is 424 g/mol. The van der Waals surface area contributed by atoms with E-state index < -0.39 is 11.7 Å². The van der Waals surface area contributed by atoms with Gasteiger partial charge in [-0.15, -0.1) is 11.3 Å². The van der Waals surface area contributed by atoms with E-state index in [0.717, 1.165) is 15.7 Å². The smallest absolute Gasteiger partial charge is 0.412 e. The summed E-state index contributed by atoms with van der Waals surface area (Å²) in [5.41, 5.74) is 1.38. The Bertz CT molecular complexity index is 707. The summed E-state index contributed by atoms with van der Waals surface area (Å²) >= 11 is 5.23. The Morgan fingerprint density at radius 2 is 1.80 bits per heavy atom. The van der Waals surface area contributed by atoms with Crippen LogP contribution in [-0.2, 0) is 4.74 Å². The Kier molecular flexibility index (Phi) is 6.65. The number of carbonyl (C=O) groups is 1. The molecule has 0 aliphatic rings. The SMILES string of the molecule is CC(NC(C)c1cc(Br)cs1)c1ccc(NC(=O)OC(C)(C)C)cc1. The zero-order chi connectivity index (χ0) is 18.6. The summed E-state index contributed by atoms with van der Waals surface area (Å²) in [7, 11) is 0. The molecule has 2 unspecified atom stereocenters. The normalized spacial score (nSPS) is 14.0. The van der Waals surface area contributed by atoms with E-state index in [-0.39, 0.29) is 12.1 Å². The molecule has 1 aromatic heterocycles. The highest BCUT2D eigenvalue weighted by atomic mass is 79.9. The van der Waals surface area contributed by atoms with Crippen LogP contribution in [0, 0.1) is 0 Å². The summed E-state index contributed by atoms with van der Waals surface area (Å²) in [6, 6.07) is 10.4. The van der Waals surface area contributed by atoms with E-state index in [1.807, 2.05) is 45.0 Å². The van der Waals surface area contributed by atoms with Gasteiger partial charge in [0.2, 0.25) is 0 Å². The highest BCUT2D eigenvalue weighted by molar-refractivity contribution is 9.10. The maximum absolute atomic E-state index is 11.8. The fourth-order valence-electron chi connectivity index (χ4n) is 2.39. The van der Waals surface area contributed by atoms with Gasteiger partial charge in [0.15, 0.2) is 0 Å². The van der Waals surface area contributed by atoms with Crippen LogP contribution in [-0.4, -0.2) is 11.7 Å². The predicted molar refractivity (Wildman–Crippen MR) is 108 cm³/mol. The average molecular weight is 425 g/mol. The summed E-state index contributed by atoms with van der Waals surface area (Å²) in [6.07, 6.45) is -0.441. The summed E-state index contributed by atoms with van der Waals surface area (Å²) in [6.45, 7) is 9.83. The molecule has 0 fully saturated rings. The van der Waals surface area contributed by atoms with Gasteiger partial charge in [-0.05, 0) is 74.3 Å². The lowest BCUT2D eigenvalue weighted by atomic mass is 10.1. The number of ether oxygens (including phenoxy) is 1. The Balaban J connectivity index is 1.93. The van der Waals surface area contributed by atoms with Crippen molar-refractivity contribution in [1.29, 1.82) is 0 Å². The Hall–Kier alpha value is -1.37. The van der Waals surface area contributed by atoms with Gasteiger partial charge in [-0.25, -0.2) is 4.79 Å². The van der Waals surface area contributed by atoms with Crippen LogP contribution in [0.5, 0.6) is 0 Å². The van der Waals surface area contributed by atoms with E-state index >= 15 is 0 Å². The number of amides is 1. The van der Waals surface area contributed by atoms with Crippen LogP contribution in [0.25, 0.3) is 0 Å². The molecule has 2 atom stereocenters. The molecule has 1 aromatic carbocycles. The van der Waals surface area contributed by atoms with Crippen molar-refractivity contribution >= 4 is 39.0 Å². The second kappa shape index (κ2) is 8.34. The van der Waals surface area contributed by atoms with Gasteiger partial charge >= 0.3 is 6.09 Å². The summed E-state index contributed by atoms with van der Waals surface area (Å²) in [4.78, 5) is 13.1. The molecule has 4 nitrogen and oxygen atoms in total. The maximum atomic E-state index is 11.8. The van der Waals surface area contributed by atoms with Crippen molar-refractivity contribution in [3.05, 3.63) is 50.6 Å². The number of rotatable bonds is 5. The van der Waals surface area contributed by atoms with E-state index in [4.69, 9.17) is 4.74 Å². The van der Waals surface area contributed by atoms with E-state index in [1.54, 1.807) is 11.3 Å². The standard InChI is InChI=1S/C19H25BrN2O2S/c1-12(21-13(2)17-10-15(20)11-25-17)14-6-8-16(9-7-14)22-18(23)24-19(3,4)5/h6-13,21H,1-5H3,(H,22,23). The quantitative estimate of drug-likeness (QED) is 0.594. The number of carbonyl (C=O) groups excluding carboxylic acids is 1. The molecule has 0 bridgehead atoms. The van der Waals surface area contributed by atoms with Crippen molar-refractivity contribution < 1.29 is 9.53 Å². The summed E-state index contributed by atoms with van der Waals surface area (Å²) in [5.74, 6) is 0. The van der Waals surface area contributed by atoms with Crippen LogP contribution in [0.4, 0.5) is 10.5 Å². The van der Waals surface area contributed by atoms with Gasteiger partial charge in [0.1, 0.15) is 5.60 Å². The fourth-order valence-corrected chi connectivity index (χ4v) is 3.85. The van der Waals surface area contributed by atoms with Gasteiger partial charge in [0.25, 0.3) is 0 Å². The second-order valence-corrected chi connectivity index (χ2v) is 8.88. The lowest BCUT2D eigenvalue weighted by Gasteiger charge is -2.21. The molecule has 0 saturated carbocycles. The first-order valence-corrected chi connectivity index (χ1v) is 9.91. The van der Waals surface area contributed by atoms with Crippen molar-refractivity contribution in [3.8, 4) is 0 Å². The topological polar surface area (TPSA) is 50.4 Å². The lowest BCUT2D eigenvalue weighted by molar-refractivity contribution is 0.0636. The largest absolute Gasteiger partial charge is 0.444 e. The van der Waals surface area contributed by atoms with Gasteiger partial charge < -0.3 is 10.1 Å². The summed E-state index contributed by atoms with van der Waals surface area (Å²) < 4.78 is 6.37. The molecular formula is C19H25BrN2O2S. The molecule has 25 heavy (non-hydrogen) atoms. The summed E-state index contributed by atoms with van der Waals surface area (Å²) in [5, 5.41) is 8.44. The molecule has 6 heteroatoms. The highest BCUT2D eigenvalue weighted by Gasteiger charge is 2.16. The van der Waals surface area contributed by atoms with E-state index in [1.165, 1.54) is 4.88 Å². The molecule has 2 N–H and O–H groups in total. The van der Waals surface area contributed by atoms with Gasteiger partial charge in [-0.3, -0.25) is 5.32 Å². The minimum Gasteiger partial charge on any atom is -0.444 e. The predicted octanol–water partition coefficient (Wildman–Crippen LogP) is 6.27. The van der Waals surface area contributed by atoms with Crippen molar-refractivity contribution in [2.75, 3.05) is 5.32 Å². The van der Waals surface area contributed by atoms with E-state index in [0.29, 0.717) is 0 Å². The first kappa shape index (κ1) is 19.9. The molecular weight excluding hydrogens is 400 g/mol. The fraction of sp³-hybridized carbons (Fsp3) is 0.421. The van der Waals surface area contributed by atoms with Crippen molar-refractivity contribution in [2.45, 2.75) is 52.3 Å². The van der Waals surface area contributed by atoms with E-state index in [9.17, 15) is 4.79 Å². The number of hydrogen-bond acceptors (Lipinski definition) is 4. The molecule has 2 aromatic rings. The number of nitrogens with one attached hydrogen (secondary N) is 2. The number of thiophene rings is 1. The molecule has 136 valence electrons. The van der Waals surface area contributed by atoms with Crippen molar-refractivity contribution in [3.63, 3.8) is 0 Å². The van der Waals surface area contributed by atoms with Crippen molar-refractivity contribution in [2.24, 2.45) is 0 Å². The minimum atomic E-state index is -0.505. The van der Waals surface area contributed by atoms with Crippen LogP contribution in [0.2, 0.25) is 0 Å². The average Bonchev–Trinajstić information content (AvgIpc) is 2.92. The lowest BCUT2D eigenvalue weighted by Crippen LogP contribution is -2.27. The van der Waals surface area contributed by atoms with Crippen LogP contribution >= 0.6 is 27.3 Å². The Labute approximate surface area is 162 Å². The molecule has 1 amide bonds. The molecule has 0 spiro atoms. The molecule has 1 heterocycles.